The molecule has 0 saturated carbocycles. The molecular formula is C19H23N3O4. The Morgan fingerprint density at radius 1 is 1.19 bits per heavy atom. The molecule has 0 bridgehead atoms. The molecular weight excluding hydrogens is 334 g/mol. The highest BCUT2D eigenvalue weighted by atomic mass is 16.5. The number of aromatic nitrogens is 2. The van der Waals surface area contributed by atoms with E-state index in [4.69, 9.17) is 4.74 Å². The van der Waals surface area contributed by atoms with Crippen molar-refractivity contribution in [3.8, 4) is 0 Å². The van der Waals surface area contributed by atoms with Crippen LogP contribution in [-0.4, -0.2) is 22.2 Å². The highest BCUT2D eigenvalue weighted by Gasteiger charge is 2.48. The number of methoxy groups -OCH3 is 1. The minimum absolute atomic E-state index is 0.367. The Kier molecular flexibility index (Phi) is 4.48. The number of nitrogens with one attached hydrogen (secondary N) is 1. The van der Waals surface area contributed by atoms with Gasteiger partial charge in [0.15, 0.2) is 0 Å². The molecule has 0 saturated heterocycles. The Hall–Kier alpha value is -2.83. The van der Waals surface area contributed by atoms with E-state index >= 15 is 0 Å². The number of hydrogen-bond donors (Lipinski definition) is 1. The maximum absolute atomic E-state index is 12.9. The normalized spacial score (nSPS) is 21.8. The summed E-state index contributed by atoms with van der Waals surface area (Å²) in [6.07, 6.45) is 0.924. The fraction of sp³-hybridized carbons (Fsp3) is 0.421. The standard InChI is InChI=1S/C19H23N3O4/c1-19(17(24)26-4)11-10-13-14(16(23)22(3)18(25)21(13)2)15(19)20-12-8-6-5-7-9-12/h5-9,15,20H,10-11H2,1-4H3/t15-,19-/m0/s1. The molecule has 0 spiro atoms. The summed E-state index contributed by atoms with van der Waals surface area (Å²) < 4.78 is 7.62. The number of esters is 1. The van der Waals surface area contributed by atoms with Crippen LogP contribution in [0.1, 0.15) is 30.6 Å². The van der Waals surface area contributed by atoms with E-state index in [-0.39, 0.29) is 17.2 Å². The predicted molar refractivity (Wildman–Crippen MR) is 98.2 cm³/mol. The molecule has 26 heavy (non-hydrogen) atoms. The second kappa shape index (κ2) is 6.48. The van der Waals surface area contributed by atoms with Crippen LogP contribution in [0.3, 0.4) is 0 Å². The van der Waals surface area contributed by atoms with Crippen molar-refractivity contribution in [3.05, 3.63) is 62.4 Å². The van der Waals surface area contributed by atoms with Gasteiger partial charge in [-0.25, -0.2) is 4.79 Å². The number of hydrogen-bond acceptors (Lipinski definition) is 5. The van der Waals surface area contributed by atoms with Crippen LogP contribution in [0.4, 0.5) is 5.69 Å². The van der Waals surface area contributed by atoms with Gasteiger partial charge in [0.25, 0.3) is 5.56 Å². The van der Waals surface area contributed by atoms with Gasteiger partial charge in [-0.1, -0.05) is 18.2 Å². The molecule has 2 aromatic rings. The summed E-state index contributed by atoms with van der Waals surface area (Å²) >= 11 is 0. The number of ether oxygens (including phenoxy) is 1. The molecule has 2 atom stereocenters. The number of nitrogens with zero attached hydrogens (tertiary/aromatic N) is 2. The van der Waals surface area contributed by atoms with Crippen molar-refractivity contribution in [2.45, 2.75) is 25.8 Å². The summed E-state index contributed by atoms with van der Waals surface area (Å²) in [7, 11) is 4.46. The van der Waals surface area contributed by atoms with Crippen molar-refractivity contribution < 1.29 is 9.53 Å². The van der Waals surface area contributed by atoms with Gasteiger partial charge in [-0.05, 0) is 31.9 Å². The molecule has 0 unspecified atom stereocenters. The van der Waals surface area contributed by atoms with Crippen LogP contribution in [0.5, 0.6) is 0 Å². The highest BCUT2D eigenvalue weighted by Crippen LogP contribution is 2.44. The largest absolute Gasteiger partial charge is 0.469 e. The monoisotopic (exact) mass is 357 g/mol. The van der Waals surface area contributed by atoms with Gasteiger partial charge in [-0.2, -0.15) is 0 Å². The first-order valence-electron chi connectivity index (χ1n) is 8.50. The van der Waals surface area contributed by atoms with Crippen LogP contribution < -0.4 is 16.6 Å². The van der Waals surface area contributed by atoms with Gasteiger partial charge in [0.1, 0.15) is 0 Å². The van der Waals surface area contributed by atoms with Gasteiger partial charge in [-0.15, -0.1) is 0 Å². The quantitative estimate of drug-likeness (QED) is 0.839. The van der Waals surface area contributed by atoms with Crippen molar-refractivity contribution in [1.29, 1.82) is 0 Å². The number of carbonyl (C=O) groups is 1. The summed E-state index contributed by atoms with van der Waals surface area (Å²) in [4.78, 5) is 37.8. The first-order valence-corrected chi connectivity index (χ1v) is 8.50. The van der Waals surface area contributed by atoms with E-state index < -0.39 is 11.5 Å². The molecule has 1 heterocycles. The summed E-state index contributed by atoms with van der Waals surface area (Å²) in [5.41, 5.74) is 0.211. The number of benzene rings is 1. The first-order chi connectivity index (χ1) is 12.3. The molecule has 3 rings (SSSR count). The van der Waals surface area contributed by atoms with Crippen molar-refractivity contribution in [1.82, 2.24) is 9.13 Å². The first kappa shape index (κ1) is 18.0. The van der Waals surface area contributed by atoms with E-state index in [0.717, 1.165) is 10.3 Å². The minimum Gasteiger partial charge on any atom is -0.469 e. The fourth-order valence-electron chi connectivity index (χ4n) is 3.73. The topological polar surface area (TPSA) is 82.3 Å². The maximum atomic E-state index is 12.9. The lowest BCUT2D eigenvalue weighted by Crippen LogP contribution is -2.50. The third kappa shape index (κ3) is 2.64. The van der Waals surface area contributed by atoms with E-state index in [1.165, 1.54) is 18.7 Å². The van der Waals surface area contributed by atoms with Crippen LogP contribution >= 0.6 is 0 Å². The van der Waals surface area contributed by atoms with Crippen LogP contribution in [0.15, 0.2) is 39.9 Å². The summed E-state index contributed by atoms with van der Waals surface area (Å²) in [6, 6.07) is 8.78. The highest BCUT2D eigenvalue weighted by molar-refractivity contribution is 5.79. The van der Waals surface area contributed by atoms with Crippen LogP contribution in [0.2, 0.25) is 0 Å². The molecule has 0 amide bonds. The Balaban J connectivity index is 2.26. The molecule has 0 aliphatic heterocycles. The molecule has 7 heteroatoms. The summed E-state index contributed by atoms with van der Waals surface area (Å²) in [6.45, 7) is 1.80. The van der Waals surface area contributed by atoms with Gasteiger partial charge < -0.3 is 14.6 Å². The third-order valence-corrected chi connectivity index (χ3v) is 5.37. The Morgan fingerprint density at radius 2 is 1.85 bits per heavy atom. The Labute approximate surface area is 151 Å². The van der Waals surface area contributed by atoms with Gasteiger partial charge in [0.05, 0.1) is 24.1 Å². The van der Waals surface area contributed by atoms with E-state index in [2.05, 4.69) is 5.32 Å². The van der Waals surface area contributed by atoms with Crippen molar-refractivity contribution in [2.75, 3.05) is 12.4 Å². The van der Waals surface area contributed by atoms with Gasteiger partial charge in [-0.3, -0.25) is 14.2 Å². The number of fused-ring (bicyclic) bond motifs is 1. The molecule has 1 aliphatic rings. The molecule has 0 fully saturated rings. The van der Waals surface area contributed by atoms with Gasteiger partial charge >= 0.3 is 11.7 Å². The lowest BCUT2D eigenvalue weighted by molar-refractivity contribution is -0.153. The second-order valence-electron chi connectivity index (χ2n) is 6.92. The molecule has 7 nitrogen and oxygen atoms in total. The van der Waals surface area contributed by atoms with Crippen LogP contribution in [0.25, 0.3) is 0 Å². The van der Waals surface area contributed by atoms with Crippen molar-refractivity contribution >= 4 is 11.7 Å². The predicted octanol–water partition coefficient (Wildman–Crippen LogP) is 1.36. The summed E-state index contributed by atoms with van der Waals surface area (Å²) in [5.74, 6) is -0.382. The van der Waals surface area contributed by atoms with Crippen LogP contribution in [-0.2, 0) is 30.0 Å². The SMILES string of the molecule is COC(=O)[C@@]1(C)CCc2c(c(=O)n(C)c(=O)n2C)[C@@H]1Nc1ccccc1. The smallest absolute Gasteiger partial charge is 0.330 e. The van der Waals surface area contributed by atoms with Crippen LogP contribution in [0, 0.1) is 5.41 Å². The van der Waals surface area contributed by atoms with E-state index in [0.29, 0.717) is 24.1 Å². The third-order valence-electron chi connectivity index (χ3n) is 5.37. The zero-order chi connectivity index (χ0) is 19.1. The van der Waals surface area contributed by atoms with Crippen molar-refractivity contribution in [3.63, 3.8) is 0 Å². The van der Waals surface area contributed by atoms with E-state index in [1.807, 2.05) is 30.3 Å². The number of para-hydroxylation sites is 1. The Morgan fingerprint density at radius 3 is 2.46 bits per heavy atom. The van der Waals surface area contributed by atoms with E-state index in [1.54, 1.807) is 14.0 Å². The fourth-order valence-corrected chi connectivity index (χ4v) is 3.73. The molecule has 1 N–H and O–H groups in total. The zero-order valence-electron chi connectivity index (χ0n) is 15.4. The molecule has 0 radical (unpaired) electrons. The lowest BCUT2D eigenvalue weighted by Gasteiger charge is -2.41. The average molecular weight is 357 g/mol. The second-order valence-corrected chi connectivity index (χ2v) is 6.92. The van der Waals surface area contributed by atoms with E-state index in [9.17, 15) is 14.4 Å². The lowest BCUT2D eigenvalue weighted by atomic mass is 9.70. The molecule has 138 valence electrons. The number of carbonyl (C=O) groups excluding carboxylic acids is 1. The molecule has 1 aliphatic carbocycles. The zero-order valence-corrected chi connectivity index (χ0v) is 15.4. The maximum Gasteiger partial charge on any atom is 0.330 e. The Bertz CT molecular complexity index is 961. The number of anilines is 1. The molecule has 1 aromatic heterocycles. The van der Waals surface area contributed by atoms with Crippen molar-refractivity contribution in [2.24, 2.45) is 19.5 Å². The van der Waals surface area contributed by atoms with Gasteiger partial charge in [0, 0.05) is 25.5 Å². The average Bonchev–Trinajstić information content (AvgIpc) is 2.66. The molecule has 1 aromatic carbocycles. The number of rotatable bonds is 3. The summed E-state index contributed by atoms with van der Waals surface area (Å²) in [5, 5.41) is 3.33. The minimum atomic E-state index is -0.929. The van der Waals surface area contributed by atoms with Gasteiger partial charge in [0.2, 0.25) is 0 Å².